The number of carbonyl (C=O) groups is 1. The summed E-state index contributed by atoms with van der Waals surface area (Å²) in [6, 6.07) is 6.18. The number of likely N-dealkylation sites (tertiary alicyclic amines) is 1. The molecule has 1 aromatic carbocycles. The van der Waals surface area contributed by atoms with Crippen LogP contribution in [0.3, 0.4) is 0 Å². The standard InChI is InChI=1S/C20H27ClN2O2/c1-14(2)23-12-15(5-6-20(23)24)13-25-19-9-17(8-18(21)10-19)16-4-3-7-22-11-16/h4,8-10,14-15,22H,3,5-7,11-13H2,1-2H3. The van der Waals surface area contributed by atoms with Crippen molar-refractivity contribution in [3.8, 4) is 5.75 Å². The van der Waals surface area contributed by atoms with E-state index < -0.39 is 0 Å². The summed E-state index contributed by atoms with van der Waals surface area (Å²) in [5.41, 5.74) is 2.39. The third kappa shape index (κ3) is 4.77. The van der Waals surface area contributed by atoms with E-state index in [1.54, 1.807) is 0 Å². The minimum atomic E-state index is 0.249. The lowest BCUT2D eigenvalue weighted by Crippen LogP contribution is -2.45. The first kappa shape index (κ1) is 18.3. The fourth-order valence-electron chi connectivity index (χ4n) is 3.49. The Morgan fingerprint density at radius 2 is 2.20 bits per heavy atom. The van der Waals surface area contributed by atoms with Crippen LogP contribution in [0.25, 0.3) is 5.57 Å². The number of halogens is 1. The largest absolute Gasteiger partial charge is 0.493 e. The first-order valence-electron chi connectivity index (χ1n) is 9.16. The van der Waals surface area contributed by atoms with Crippen molar-refractivity contribution in [1.29, 1.82) is 0 Å². The van der Waals surface area contributed by atoms with E-state index in [-0.39, 0.29) is 11.9 Å². The van der Waals surface area contributed by atoms with Gasteiger partial charge in [0.2, 0.25) is 5.91 Å². The molecule has 2 aliphatic rings. The second-order valence-corrected chi connectivity index (χ2v) is 7.66. The number of rotatable bonds is 5. The van der Waals surface area contributed by atoms with Crippen LogP contribution in [-0.2, 0) is 4.79 Å². The average molecular weight is 363 g/mol. The molecule has 3 rings (SSSR count). The number of hydrogen-bond donors (Lipinski definition) is 1. The average Bonchev–Trinajstić information content (AvgIpc) is 2.61. The van der Waals surface area contributed by atoms with Gasteiger partial charge in [0.15, 0.2) is 0 Å². The summed E-state index contributed by atoms with van der Waals surface area (Å²) in [5.74, 6) is 1.44. The van der Waals surface area contributed by atoms with Crippen LogP contribution in [0.4, 0.5) is 0 Å². The number of amides is 1. The molecule has 0 radical (unpaired) electrons. The van der Waals surface area contributed by atoms with Crippen molar-refractivity contribution in [1.82, 2.24) is 10.2 Å². The molecule has 25 heavy (non-hydrogen) atoms. The van der Waals surface area contributed by atoms with Crippen molar-refractivity contribution in [3.05, 3.63) is 34.9 Å². The van der Waals surface area contributed by atoms with Gasteiger partial charge >= 0.3 is 0 Å². The van der Waals surface area contributed by atoms with Crippen molar-refractivity contribution in [2.45, 2.75) is 39.2 Å². The van der Waals surface area contributed by atoms with Crippen LogP contribution in [0, 0.1) is 5.92 Å². The Morgan fingerprint density at radius 1 is 1.36 bits per heavy atom. The van der Waals surface area contributed by atoms with Crippen LogP contribution >= 0.6 is 11.6 Å². The Bertz CT molecular complexity index is 657. The number of ether oxygens (including phenoxy) is 1. The Kier molecular flexibility index (Phi) is 6.02. The van der Waals surface area contributed by atoms with E-state index in [0.717, 1.165) is 43.8 Å². The summed E-state index contributed by atoms with van der Waals surface area (Å²) >= 11 is 6.29. The zero-order valence-electron chi connectivity index (χ0n) is 15.1. The number of piperidine rings is 1. The highest BCUT2D eigenvalue weighted by molar-refractivity contribution is 6.30. The van der Waals surface area contributed by atoms with E-state index in [9.17, 15) is 4.79 Å². The number of benzene rings is 1. The normalized spacial score (nSPS) is 21.4. The van der Waals surface area contributed by atoms with Gasteiger partial charge in [0.05, 0.1) is 6.61 Å². The fourth-order valence-corrected chi connectivity index (χ4v) is 3.71. The van der Waals surface area contributed by atoms with E-state index >= 15 is 0 Å². The molecule has 1 amide bonds. The lowest BCUT2D eigenvalue weighted by molar-refractivity contribution is -0.137. The van der Waals surface area contributed by atoms with Gasteiger partial charge in [0.1, 0.15) is 5.75 Å². The maximum atomic E-state index is 12.0. The van der Waals surface area contributed by atoms with Gasteiger partial charge in [-0.1, -0.05) is 17.7 Å². The lowest BCUT2D eigenvalue weighted by atomic mass is 9.97. The predicted octanol–water partition coefficient (Wildman–Crippen LogP) is 3.74. The number of carbonyl (C=O) groups excluding carboxylic acids is 1. The number of hydrogen-bond acceptors (Lipinski definition) is 3. The lowest BCUT2D eigenvalue weighted by Gasteiger charge is -2.35. The summed E-state index contributed by atoms with van der Waals surface area (Å²) in [4.78, 5) is 13.9. The minimum Gasteiger partial charge on any atom is -0.493 e. The molecule has 0 spiro atoms. The highest BCUT2D eigenvalue weighted by atomic mass is 35.5. The molecule has 0 aliphatic carbocycles. The quantitative estimate of drug-likeness (QED) is 0.867. The third-order valence-electron chi connectivity index (χ3n) is 4.92. The molecule has 1 aromatic rings. The molecule has 1 atom stereocenters. The molecule has 1 saturated heterocycles. The molecular formula is C20H27ClN2O2. The molecule has 5 heteroatoms. The van der Waals surface area contributed by atoms with Gasteiger partial charge in [0, 0.05) is 36.5 Å². The molecule has 2 aliphatic heterocycles. The highest BCUT2D eigenvalue weighted by Crippen LogP contribution is 2.28. The molecule has 1 N–H and O–H groups in total. The van der Waals surface area contributed by atoms with Crippen LogP contribution in [0.5, 0.6) is 5.75 Å². The van der Waals surface area contributed by atoms with Gasteiger partial charge in [-0.3, -0.25) is 4.79 Å². The monoisotopic (exact) mass is 362 g/mol. The van der Waals surface area contributed by atoms with Gasteiger partial charge in [-0.25, -0.2) is 0 Å². The third-order valence-corrected chi connectivity index (χ3v) is 5.14. The number of nitrogens with one attached hydrogen (secondary N) is 1. The topological polar surface area (TPSA) is 41.6 Å². The molecule has 1 fully saturated rings. The van der Waals surface area contributed by atoms with Gasteiger partial charge in [-0.05, 0) is 62.6 Å². The fraction of sp³-hybridized carbons (Fsp3) is 0.550. The molecule has 4 nitrogen and oxygen atoms in total. The zero-order valence-corrected chi connectivity index (χ0v) is 15.8. The number of nitrogens with zero attached hydrogens (tertiary/aromatic N) is 1. The Balaban J connectivity index is 1.64. The van der Waals surface area contributed by atoms with Crippen molar-refractivity contribution < 1.29 is 9.53 Å². The molecule has 1 unspecified atom stereocenters. The van der Waals surface area contributed by atoms with Gasteiger partial charge in [0.25, 0.3) is 0 Å². The van der Waals surface area contributed by atoms with Crippen LogP contribution < -0.4 is 10.1 Å². The van der Waals surface area contributed by atoms with E-state index in [0.29, 0.717) is 24.0 Å². The first-order valence-corrected chi connectivity index (χ1v) is 9.53. The van der Waals surface area contributed by atoms with E-state index in [4.69, 9.17) is 16.3 Å². The Labute approximate surface area is 155 Å². The van der Waals surface area contributed by atoms with Crippen LogP contribution in [0.15, 0.2) is 24.3 Å². The predicted molar refractivity (Wildman–Crippen MR) is 102 cm³/mol. The SMILES string of the molecule is CC(C)N1CC(COc2cc(Cl)cc(C3=CCCNC3)c2)CCC1=O. The van der Waals surface area contributed by atoms with Gasteiger partial charge in [-0.2, -0.15) is 0 Å². The summed E-state index contributed by atoms with van der Waals surface area (Å²) < 4.78 is 6.05. The second-order valence-electron chi connectivity index (χ2n) is 7.23. The first-order chi connectivity index (χ1) is 12.0. The molecule has 2 heterocycles. The maximum absolute atomic E-state index is 12.0. The van der Waals surface area contributed by atoms with Crippen molar-refractivity contribution >= 4 is 23.1 Å². The van der Waals surface area contributed by atoms with Crippen LogP contribution in [0.1, 0.15) is 38.7 Å². The molecular weight excluding hydrogens is 336 g/mol. The van der Waals surface area contributed by atoms with Crippen molar-refractivity contribution in [3.63, 3.8) is 0 Å². The van der Waals surface area contributed by atoms with Gasteiger partial charge in [-0.15, -0.1) is 0 Å². The van der Waals surface area contributed by atoms with Crippen LogP contribution in [0.2, 0.25) is 5.02 Å². The Morgan fingerprint density at radius 3 is 2.92 bits per heavy atom. The van der Waals surface area contributed by atoms with E-state index in [1.165, 1.54) is 5.57 Å². The Hall–Kier alpha value is -1.52. The van der Waals surface area contributed by atoms with E-state index in [2.05, 4.69) is 31.3 Å². The summed E-state index contributed by atoms with van der Waals surface area (Å²) in [6.45, 7) is 7.42. The van der Waals surface area contributed by atoms with Crippen molar-refractivity contribution in [2.24, 2.45) is 5.92 Å². The van der Waals surface area contributed by atoms with Crippen molar-refractivity contribution in [2.75, 3.05) is 26.2 Å². The summed E-state index contributed by atoms with van der Waals surface area (Å²) in [6.07, 6.45) is 4.81. The molecule has 0 bridgehead atoms. The zero-order chi connectivity index (χ0) is 17.8. The van der Waals surface area contributed by atoms with E-state index in [1.807, 2.05) is 17.0 Å². The smallest absolute Gasteiger partial charge is 0.222 e. The van der Waals surface area contributed by atoms with Gasteiger partial charge < -0.3 is 15.0 Å². The minimum absolute atomic E-state index is 0.249. The maximum Gasteiger partial charge on any atom is 0.222 e. The highest BCUT2D eigenvalue weighted by Gasteiger charge is 2.27. The summed E-state index contributed by atoms with van der Waals surface area (Å²) in [5, 5.41) is 4.08. The summed E-state index contributed by atoms with van der Waals surface area (Å²) in [7, 11) is 0. The van der Waals surface area contributed by atoms with Crippen LogP contribution in [-0.4, -0.2) is 43.1 Å². The second kappa shape index (κ2) is 8.24. The molecule has 0 saturated carbocycles. The molecule has 0 aromatic heterocycles. The molecule has 136 valence electrons.